The molecular formula is C27H30O4. The molecule has 0 spiro atoms. The van der Waals surface area contributed by atoms with Crippen molar-refractivity contribution in [2.45, 2.75) is 58.8 Å². The first kappa shape index (κ1) is 22.5. The van der Waals surface area contributed by atoms with Gasteiger partial charge in [0.25, 0.3) is 0 Å². The number of benzene rings is 2. The summed E-state index contributed by atoms with van der Waals surface area (Å²) in [6.45, 7) is 15.0. The van der Waals surface area contributed by atoms with Gasteiger partial charge in [0.1, 0.15) is 11.5 Å². The molecule has 1 aliphatic rings. The van der Waals surface area contributed by atoms with Gasteiger partial charge in [0.15, 0.2) is 0 Å². The molecule has 31 heavy (non-hydrogen) atoms. The maximum atomic E-state index is 12.1. The van der Waals surface area contributed by atoms with E-state index in [0.29, 0.717) is 22.6 Å². The molecule has 2 aromatic rings. The third-order valence-corrected chi connectivity index (χ3v) is 5.77. The second kappa shape index (κ2) is 8.93. The highest BCUT2D eigenvalue weighted by Crippen LogP contribution is 2.55. The number of hydrogen-bond donors (Lipinski definition) is 0. The van der Waals surface area contributed by atoms with Crippen LogP contribution in [0.25, 0.3) is 11.1 Å². The highest BCUT2D eigenvalue weighted by molar-refractivity contribution is 5.90. The fourth-order valence-corrected chi connectivity index (χ4v) is 4.49. The van der Waals surface area contributed by atoms with Crippen LogP contribution in [0.1, 0.15) is 64.5 Å². The second-order valence-corrected chi connectivity index (χ2v) is 8.34. The number of hydrogen-bond acceptors (Lipinski definition) is 4. The summed E-state index contributed by atoms with van der Waals surface area (Å²) >= 11 is 0. The molecule has 0 heterocycles. The van der Waals surface area contributed by atoms with Crippen molar-refractivity contribution in [3.8, 4) is 22.6 Å². The van der Waals surface area contributed by atoms with E-state index in [9.17, 15) is 9.59 Å². The Morgan fingerprint density at radius 2 is 1.16 bits per heavy atom. The fourth-order valence-electron chi connectivity index (χ4n) is 4.49. The van der Waals surface area contributed by atoms with E-state index in [2.05, 4.69) is 27.0 Å². The van der Waals surface area contributed by atoms with Crippen LogP contribution >= 0.6 is 0 Å². The van der Waals surface area contributed by atoms with E-state index in [0.717, 1.165) is 47.9 Å². The van der Waals surface area contributed by atoms with Crippen molar-refractivity contribution in [2.24, 2.45) is 0 Å². The highest BCUT2D eigenvalue weighted by Gasteiger charge is 2.42. The van der Waals surface area contributed by atoms with E-state index in [-0.39, 0.29) is 5.41 Å². The van der Waals surface area contributed by atoms with E-state index < -0.39 is 11.9 Å². The molecule has 0 aliphatic heterocycles. The van der Waals surface area contributed by atoms with Crippen LogP contribution in [0.3, 0.4) is 0 Å². The van der Waals surface area contributed by atoms with Crippen molar-refractivity contribution in [1.29, 1.82) is 0 Å². The van der Waals surface area contributed by atoms with E-state index in [1.54, 1.807) is 13.8 Å². The van der Waals surface area contributed by atoms with Gasteiger partial charge in [0.2, 0.25) is 0 Å². The minimum absolute atomic E-state index is 0.231. The van der Waals surface area contributed by atoms with Gasteiger partial charge < -0.3 is 9.47 Å². The largest absolute Gasteiger partial charge is 0.423 e. The first-order chi connectivity index (χ1) is 14.7. The average Bonchev–Trinajstić information content (AvgIpc) is 2.97. The molecule has 162 valence electrons. The zero-order valence-electron chi connectivity index (χ0n) is 18.8. The van der Waals surface area contributed by atoms with E-state index in [4.69, 9.17) is 9.47 Å². The van der Waals surface area contributed by atoms with Crippen LogP contribution in [0.5, 0.6) is 11.5 Å². The molecule has 0 amide bonds. The zero-order valence-corrected chi connectivity index (χ0v) is 18.8. The lowest BCUT2D eigenvalue weighted by Gasteiger charge is -2.32. The van der Waals surface area contributed by atoms with Crippen LogP contribution < -0.4 is 9.47 Å². The Bertz CT molecular complexity index is 975. The molecule has 0 unspecified atom stereocenters. The molecule has 0 aromatic heterocycles. The molecule has 1 aliphatic carbocycles. The lowest BCUT2D eigenvalue weighted by atomic mass is 9.71. The highest BCUT2D eigenvalue weighted by atomic mass is 16.5. The van der Waals surface area contributed by atoms with Crippen LogP contribution in [0.2, 0.25) is 0 Å². The monoisotopic (exact) mass is 418 g/mol. The van der Waals surface area contributed by atoms with Crippen LogP contribution in [0.15, 0.2) is 60.7 Å². The van der Waals surface area contributed by atoms with Gasteiger partial charge in [-0.05, 0) is 73.2 Å². The Labute approximate surface area is 184 Å². The summed E-state index contributed by atoms with van der Waals surface area (Å²) in [5.74, 6) is 0.178. The molecule has 0 saturated heterocycles. The summed E-state index contributed by atoms with van der Waals surface area (Å²) in [7, 11) is 0. The first-order valence-electron chi connectivity index (χ1n) is 10.8. The Morgan fingerprint density at radius 3 is 1.48 bits per heavy atom. The third kappa shape index (κ3) is 4.20. The predicted octanol–water partition coefficient (Wildman–Crippen LogP) is 6.52. The number of esters is 2. The molecule has 0 N–H and O–H groups in total. The van der Waals surface area contributed by atoms with Crippen molar-refractivity contribution >= 4 is 11.9 Å². The molecule has 3 rings (SSSR count). The number of carbonyl (C=O) groups is 2. The van der Waals surface area contributed by atoms with Crippen LogP contribution in [0.4, 0.5) is 0 Å². The summed E-state index contributed by atoms with van der Waals surface area (Å²) in [5.41, 5.74) is 5.06. The van der Waals surface area contributed by atoms with Crippen molar-refractivity contribution in [2.75, 3.05) is 0 Å². The summed E-state index contributed by atoms with van der Waals surface area (Å²) in [6.07, 6.45) is 3.86. The maximum Gasteiger partial charge on any atom is 0.338 e. The van der Waals surface area contributed by atoms with E-state index in [1.165, 1.54) is 0 Å². The van der Waals surface area contributed by atoms with Crippen molar-refractivity contribution in [3.63, 3.8) is 0 Å². The van der Waals surface area contributed by atoms with Gasteiger partial charge in [-0.25, -0.2) is 9.59 Å². The summed E-state index contributed by atoms with van der Waals surface area (Å²) in [6, 6.07) is 11.7. The quantitative estimate of drug-likeness (QED) is 0.278. The lowest BCUT2D eigenvalue weighted by Crippen LogP contribution is -2.25. The Morgan fingerprint density at radius 1 is 0.774 bits per heavy atom. The minimum Gasteiger partial charge on any atom is -0.423 e. The molecule has 0 fully saturated rings. The molecule has 0 atom stereocenters. The third-order valence-electron chi connectivity index (χ3n) is 5.77. The number of ether oxygens (including phenoxy) is 2. The SMILES string of the molecule is C=C(C)C(=O)Oc1ccc2c(c1)C(CCC)(CCC)c1cc(OC(=O)C(=C)C)ccc1-2. The van der Waals surface area contributed by atoms with E-state index >= 15 is 0 Å². The molecule has 2 aromatic carbocycles. The topological polar surface area (TPSA) is 52.6 Å². The second-order valence-electron chi connectivity index (χ2n) is 8.34. The minimum atomic E-state index is -0.430. The molecule has 4 heteroatoms. The van der Waals surface area contributed by atoms with Gasteiger partial charge >= 0.3 is 11.9 Å². The van der Waals surface area contributed by atoms with Gasteiger partial charge in [-0.3, -0.25) is 0 Å². The van der Waals surface area contributed by atoms with Gasteiger partial charge in [-0.2, -0.15) is 0 Å². The zero-order chi connectivity index (χ0) is 22.8. The van der Waals surface area contributed by atoms with Crippen molar-refractivity contribution in [1.82, 2.24) is 0 Å². The summed E-state index contributed by atoms with van der Waals surface area (Å²) < 4.78 is 11.1. The molecule has 0 radical (unpaired) electrons. The number of carbonyl (C=O) groups excluding carboxylic acids is 2. The van der Waals surface area contributed by atoms with Gasteiger partial charge in [0, 0.05) is 16.6 Å². The number of rotatable bonds is 8. The smallest absolute Gasteiger partial charge is 0.338 e. The predicted molar refractivity (Wildman–Crippen MR) is 123 cm³/mol. The summed E-state index contributed by atoms with van der Waals surface area (Å²) in [4.78, 5) is 24.1. The Hall–Kier alpha value is -3.14. The normalized spacial score (nSPS) is 13.2. The van der Waals surface area contributed by atoms with Crippen molar-refractivity contribution < 1.29 is 19.1 Å². The molecule has 0 bridgehead atoms. The average molecular weight is 419 g/mol. The van der Waals surface area contributed by atoms with Crippen molar-refractivity contribution in [3.05, 3.63) is 71.8 Å². The molecule has 0 saturated carbocycles. The standard InChI is InChI=1S/C27H30O4/c1-7-13-27(14-8-2)23-15-19(30-25(28)17(3)4)9-11-21(23)22-12-10-20(16-24(22)27)31-26(29)18(5)6/h9-12,15-16H,3,5,7-8,13-14H2,1-2,4,6H3. The van der Waals surface area contributed by atoms with Crippen LogP contribution in [0, 0.1) is 0 Å². The molecule has 4 nitrogen and oxygen atoms in total. The van der Waals surface area contributed by atoms with E-state index in [1.807, 2.05) is 36.4 Å². The van der Waals surface area contributed by atoms with Crippen LogP contribution in [-0.4, -0.2) is 11.9 Å². The lowest BCUT2D eigenvalue weighted by molar-refractivity contribution is -0.130. The summed E-state index contributed by atoms with van der Waals surface area (Å²) in [5, 5.41) is 0. The van der Waals surface area contributed by atoms with Gasteiger partial charge in [0.05, 0.1) is 0 Å². The van der Waals surface area contributed by atoms with Gasteiger partial charge in [-0.1, -0.05) is 52.0 Å². The Balaban J connectivity index is 2.14. The molecular weight excluding hydrogens is 388 g/mol. The fraction of sp³-hybridized carbons (Fsp3) is 0.333. The van der Waals surface area contributed by atoms with Crippen LogP contribution in [-0.2, 0) is 15.0 Å². The first-order valence-corrected chi connectivity index (χ1v) is 10.8. The maximum absolute atomic E-state index is 12.1. The Kier molecular flexibility index (Phi) is 6.49. The van der Waals surface area contributed by atoms with Gasteiger partial charge in [-0.15, -0.1) is 0 Å². The number of fused-ring (bicyclic) bond motifs is 3.